The van der Waals surface area contributed by atoms with E-state index < -0.39 is 0 Å². The average Bonchev–Trinajstić information content (AvgIpc) is 2.99. The highest BCUT2D eigenvalue weighted by Crippen LogP contribution is 2.12. The van der Waals surface area contributed by atoms with Gasteiger partial charge >= 0.3 is 0 Å². The van der Waals surface area contributed by atoms with Crippen LogP contribution in [0.1, 0.15) is 51.9 Å². The number of carbonyl (C=O) groups excluding carboxylic acids is 2. The highest BCUT2D eigenvalue weighted by Gasteiger charge is 2.24. The molecule has 0 aromatic carbocycles. The molecule has 0 aromatic heterocycles. The first kappa shape index (κ1) is 15.3. The van der Waals surface area contributed by atoms with Gasteiger partial charge in [0.15, 0.2) is 0 Å². The second kappa shape index (κ2) is 7.62. The van der Waals surface area contributed by atoms with Crippen molar-refractivity contribution < 1.29 is 9.59 Å². The zero-order valence-corrected chi connectivity index (χ0v) is 12.5. The van der Waals surface area contributed by atoms with E-state index >= 15 is 0 Å². The molecule has 0 aliphatic carbocycles. The van der Waals surface area contributed by atoms with Crippen molar-refractivity contribution in [2.75, 3.05) is 19.6 Å². The zero-order valence-electron chi connectivity index (χ0n) is 12.5. The molecule has 5 nitrogen and oxygen atoms in total. The molecule has 0 radical (unpaired) electrons. The number of amides is 2. The Bertz CT molecular complexity index is 334. The van der Waals surface area contributed by atoms with E-state index in [2.05, 4.69) is 10.6 Å². The molecule has 2 aliphatic rings. The highest BCUT2D eigenvalue weighted by atomic mass is 16.2. The number of carbonyl (C=O) groups is 2. The van der Waals surface area contributed by atoms with Gasteiger partial charge in [-0.25, -0.2) is 0 Å². The van der Waals surface area contributed by atoms with Crippen LogP contribution >= 0.6 is 0 Å². The molecular formula is C15H27N3O2. The van der Waals surface area contributed by atoms with Gasteiger partial charge in [0.05, 0.1) is 0 Å². The van der Waals surface area contributed by atoms with Crippen molar-refractivity contribution in [1.82, 2.24) is 15.5 Å². The summed E-state index contributed by atoms with van der Waals surface area (Å²) in [6, 6.07) is 0.0824. The van der Waals surface area contributed by atoms with Crippen LogP contribution in [0.15, 0.2) is 0 Å². The fourth-order valence-corrected chi connectivity index (χ4v) is 3.06. The Kier molecular flexibility index (Phi) is 5.83. The Balaban J connectivity index is 1.66. The fourth-order valence-electron chi connectivity index (χ4n) is 3.06. The summed E-state index contributed by atoms with van der Waals surface area (Å²) in [4.78, 5) is 25.8. The second-order valence-electron chi connectivity index (χ2n) is 6.01. The Morgan fingerprint density at radius 2 is 2.00 bits per heavy atom. The molecule has 2 fully saturated rings. The van der Waals surface area contributed by atoms with E-state index in [-0.39, 0.29) is 17.9 Å². The Morgan fingerprint density at radius 3 is 2.65 bits per heavy atom. The number of piperidine rings is 1. The minimum atomic E-state index is -0.389. The van der Waals surface area contributed by atoms with E-state index in [1.54, 1.807) is 6.92 Å². The second-order valence-corrected chi connectivity index (χ2v) is 6.01. The van der Waals surface area contributed by atoms with Gasteiger partial charge in [0.2, 0.25) is 11.8 Å². The molecule has 114 valence electrons. The summed E-state index contributed by atoms with van der Waals surface area (Å²) in [6.07, 6.45) is 7.20. The first-order valence-electron chi connectivity index (χ1n) is 7.98. The molecule has 2 N–H and O–H groups in total. The highest BCUT2D eigenvalue weighted by molar-refractivity contribution is 5.87. The lowest BCUT2D eigenvalue weighted by atomic mass is 10.0. The standard InChI is InChI=1S/C15H27N3O2/c1-12(15(20)18-10-4-5-11-18)17-14(19)8-7-13-6-2-3-9-16-13/h12-13,16H,2-11H2,1H3,(H,17,19). The first-order chi connectivity index (χ1) is 9.66. The van der Waals surface area contributed by atoms with Crippen LogP contribution in [0.25, 0.3) is 0 Å². The van der Waals surface area contributed by atoms with Crippen LogP contribution in [0.4, 0.5) is 0 Å². The lowest BCUT2D eigenvalue weighted by Crippen LogP contribution is -2.46. The number of nitrogens with zero attached hydrogens (tertiary/aromatic N) is 1. The quantitative estimate of drug-likeness (QED) is 0.791. The molecule has 2 unspecified atom stereocenters. The van der Waals surface area contributed by atoms with Crippen LogP contribution in [-0.2, 0) is 9.59 Å². The van der Waals surface area contributed by atoms with Crippen molar-refractivity contribution in [3.8, 4) is 0 Å². The minimum Gasteiger partial charge on any atom is -0.345 e. The Morgan fingerprint density at radius 1 is 1.25 bits per heavy atom. The van der Waals surface area contributed by atoms with E-state index in [0.29, 0.717) is 12.5 Å². The average molecular weight is 281 g/mol. The van der Waals surface area contributed by atoms with E-state index in [1.807, 2.05) is 4.90 Å². The van der Waals surface area contributed by atoms with Gasteiger partial charge in [0.25, 0.3) is 0 Å². The topological polar surface area (TPSA) is 61.4 Å². The lowest BCUT2D eigenvalue weighted by Gasteiger charge is -2.24. The molecular weight excluding hydrogens is 254 g/mol. The van der Waals surface area contributed by atoms with Crippen molar-refractivity contribution in [1.29, 1.82) is 0 Å². The van der Waals surface area contributed by atoms with Crippen LogP contribution in [0, 0.1) is 0 Å². The third kappa shape index (κ3) is 4.47. The van der Waals surface area contributed by atoms with E-state index in [1.165, 1.54) is 12.8 Å². The van der Waals surface area contributed by atoms with Gasteiger partial charge in [-0.3, -0.25) is 9.59 Å². The van der Waals surface area contributed by atoms with Gasteiger partial charge in [0, 0.05) is 25.6 Å². The fraction of sp³-hybridized carbons (Fsp3) is 0.867. The van der Waals surface area contributed by atoms with E-state index in [0.717, 1.165) is 45.3 Å². The van der Waals surface area contributed by atoms with Crippen LogP contribution < -0.4 is 10.6 Å². The molecule has 2 atom stereocenters. The van der Waals surface area contributed by atoms with Gasteiger partial charge in [0.1, 0.15) is 6.04 Å². The molecule has 2 saturated heterocycles. The summed E-state index contributed by atoms with van der Waals surface area (Å²) in [5, 5.41) is 6.28. The van der Waals surface area contributed by atoms with Gasteiger partial charge in [-0.05, 0) is 45.6 Å². The first-order valence-corrected chi connectivity index (χ1v) is 7.98. The number of nitrogens with one attached hydrogen (secondary N) is 2. The van der Waals surface area contributed by atoms with E-state index in [4.69, 9.17) is 0 Å². The van der Waals surface area contributed by atoms with Crippen molar-refractivity contribution in [3.63, 3.8) is 0 Å². The molecule has 20 heavy (non-hydrogen) atoms. The number of hydrogen-bond donors (Lipinski definition) is 2. The van der Waals surface area contributed by atoms with Crippen LogP contribution in [0.3, 0.4) is 0 Å². The monoisotopic (exact) mass is 281 g/mol. The van der Waals surface area contributed by atoms with Crippen molar-refractivity contribution in [2.45, 2.75) is 64.0 Å². The summed E-state index contributed by atoms with van der Waals surface area (Å²) in [7, 11) is 0. The van der Waals surface area contributed by atoms with Crippen LogP contribution in [-0.4, -0.2) is 48.4 Å². The molecule has 2 amide bonds. The summed E-state index contributed by atoms with van der Waals surface area (Å²) >= 11 is 0. The zero-order chi connectivity index (χ0) is 14.4. The van der Waals surface area contributed by atoms with Crippen molar-refractivity contribution >= 4 is 11.8 Å². The maximum Gasteiger partial charge on any atom is 0.244 e. The molecule has 2 rings (SSSR count). The maximum atomic E-state index is 12.1. The summed E-state index contributed by atoms with van der Waals surface area (Å²) in [5.74, 6) is 0.0593. The van der Waals surface area contributed by atoms with Crippen LogP contribution in [0.2, 0.25) is 0 Å². The van der Waals surface area contributed by atoms with Gasteiger partial charge < -0.3 is 15.5 Å². The van der Waals surface area contributed by atoms with Crippen LogP contribution in [0.5, 0.6) is 0 Å². The van der Waals surface area contributed by atoms with Crippen molar-refractivity contribution in [3.05, 3.63) is 0 Å². The summed E-state index contributed by atoms with van der Waals surface area (Å²) in [5.41, 5.74) is 0. The predicted octanol–water partition coefficient (Wildman–Crippen LogP) is 1.04. The van der Waals surface area contributed by atoms with Crippen molar-refractivity contribution in [2.24, 2.45) is 0 Å². The lowest BCUT2D eigenvalue weighted by molar-refractivity contribution is -0.135. The van der Waals surface area contributed by atoms with Gasteiger partial charge in [-0.1, -0.05) is 6.42 Å². The minimum absolute atomic E-state index is 0.00239. The Hall–Kier alpha value is -1.10. The third-order valence-electron chi connectivity index (χ3n) is 4.30. The van der Waals surface area contributed by atoms with Gasteiger partial charge in [-0.15, -0.1) is 0 Å². The largest absolute Gasteiger partial charge is 0.345 e. The molecule has 2 heterocycles. The number of hydrogen-bond acceptors (Lipinski definition) is 3. The molecule has 0 bridgehead atoms. The van der Waals surface area contributed by atoms with E-state index in [9.17, 15) is 9.59 Å². The number of rotatable bonds is 5. The normalized spacial score (nSPS) is 24.4. The molecule has 0 aromatic rings. The maximum absolute atomic E-state index is 12.1. The smallest absolute Gasteiger partial charge is 0.244 e. The summed E-state index contributed by atoms with van der Waals surface area (Å²) in [6.45, 7) is 4.53. The number of likely N-dealkylation sites (tertiary alicyclic amines) is 1. The summed E-state index contributed by atoms with van der Waals surface area (Å²) < 4.78 is 0. The molecule has 0 spiro atoms. The molecule has 0 saturated carbocycles. The molecule has 5 heteroatoms. The van der Waals surface area contributed by atoms with Gasteiger partial charge in [-0.2, -0.15) is 0 Å². The Labute approximate surface area is 121 Å². The third-order valence-corrected chi connectivity index (χ3v) is 4.30. The predicted molar refractivity (Wildman–Crippen MR) is 78.3 cm³/mol. The SMILES string of the molecule is CC(NC(=O)CCC1CCCCN1)C(=O)N1CCCC1. The molecule has 2 aliphatic heterocycles.